The number of rotatable bonds is 5. The summed E-state index contributed by atoms with van der Waals surface area (Å²) in [5.41, 5.74) is 0.923. The number of ether oxygens (including phenoxy) is 1. The van der Waals surface area contributed by atoms with E-state index in [-0.39, 0.29) is 0 Å². The zero-order valence-corrected chi connectivity index (χ0v) is 9.73. The summed E-state index contributed by atoms with van der Waals surface area (Å²) < 4.78 is 5.77. The van der Waals surface area contributed by atoms with E-state index in [0.29, 0.717) is 6.10 Å². The van der Waals surface area contributed by atoms with Crippen LogP contribution in [0.4, 0.5) is 0 Å². The van der Waals surface area contributed by atoms with Gasteiger partial charge in [-0.1, -0.05) is 26.0 Å². The summed E-state index contributed by atoms with van der Waals surface area (Å²) in [7, 11) is 0. The van der Waals surface area contributed by atoms with E-state index in [4.69, 9.17) is 4.74 Å². The highest BCUT2D eigenvalue weighted by molar-refractivity contribution is 5.28. The van der Waals surface area contributed by atoms with Gasteiger partial charge in [0.25, 0.3) is 0 Å². The first kappa shape index (κ1) is 12.1. The Labute approximate surface area is 91.9 Å². The molecule has 0 aliphatic rings. The van der Waals surface area contributed by atoms with Crippen LogP contribution in [0.1, 0.15) is 45.3 Å². The molecule has 0 spiro atoms. The van der Waals surface area contributed by atoms with Crippen LogP contribution in [0.25, 0.3) is 0 Å². The molecular formula is C13H20O2. The van der Waals surface area contributed by atoms with Gasteiger partial charge in [-0.3, -0.25) is 0 Å². The molecule has 0 aliphatic heterocycles. The van der Waals surface area contributed by atoms with Crippen LogP contribution in [0.3, 0.4) is 0 Å². The van der Waals surface area contributed by atoms with Crippen LogP contribution in [-0.2, 0) is 0 Å². The summed E-state index contributed by atoms with van der Waals surface area (Å²) >= 11 is 0. The molecule has 1 aromatic rings. The summed E-state index contributed by atoms with van der Waals surface area (Å²) in [5.74, 6) is 0.883. The molecule has 2 nitrogen and oxygen atoms in total. The SMILES string of the molecule is CCC(CC)Oc1ccc([C@H](C)O)cc1. The van der Waals surface area contributed by atoms with Crippen LogP contribution >= 0.6 is 0 Å². The van der Waals surface area contributed by atoms with Crippen molar-refractivity contribution in [1.29, 1.82) is 0 Å². The molecule has 0 aliphatic carbocycles. The normalized spacial score (nSPS) is 12.9. The summed E-state index contributed by atoms with van der Waals surface area (Å²) in [5, 5.41) is 9.35. The van der Waals surface area contributed by atoms with Gasteiger partial charge in [0.1, 0.15) is 5.75 Å². The Hall–Kier alpha value is -1.02. The molecule has 15 heavy (non-hydrogen) atoms. The highest BCUT2D eigenvalue weighted by atomic mass is 16.5. The third kappa shape index (κ3) is 3.56. The van der Waals surface area contributed by atoms with Gasteiger partial charge in [0.05, 0.1) is 12.2 Å². The molecule has 0 fully saturated rings. The molecule has 2 heteroatoms. The Morgan fingerprint density at radius 3 is 2.07 bits per heavy atom. The second-order valence-corrected chi connectivity index (χ2v) is 3.80. The Kier molecular flexibility index (Phi) is 4.63. The van der Waals surface area contributed by atoms with Crippen molar-refractivity contribution in [2.24, 2.45) is 0 Å². The van der Waals surface area contributed by atoms with Crippen molar-refractivity contribution < 1.29 is 9.84 Å². The van der Waals surface area contributed by atoms with Gasteiger partial charge in [-0.2, -0.15) is 0 Å². The molecule has 0 amide bonds. The Morgan fingerprint density at radius 1 is 1.13 bits per heavy atom. The fourth-order valence-electron chi connectivity index (χ4n) is 1.47. The van der Waals surface area contributed by atoms with E-state index in [9.17, 15) is 5.11 Å². The smallest absolute Gasteiger partial charge is 0.119 e. The highest BCUT2D eigenvalue weighted by Gasteiger charge is 2.05. The van der Waals surface area contributed by atoms with Crippen molar-refractivity contribution in [3.8, 4) is 5.75 Å². The van der Waals surface area contributed by atoms with Crippen LogP contribution in [0.5, 0.6) is 5.75 Å². The van der Waals surface area contributed by atoms with Crippen LogP contribution < -0.4 is 4.74 Å². The van der Waals surface area contributed by atoms with Crippen molar-refractivity contribution >= 4 is 0 Å². The topological polar surface area (TPSA) is 29.5 Å². The molecule has 0 saturated carbocycles. The molecular weight excluding hydrogens is 188 g/mol. The van der Waals surface area contributed by atoms with Crippen LogP contribution in [0, 0.1) is 0 Å². The molecule has 1 N–H and O–H groups in total. The summed E-state index contributed by atoms with van der Waals surface area (Å²) in [4.78, 5) is 0. The van der Waals surface area contributed by atoms with E-state index >= 15 is 0 Å². The lowest BCUT2D eigenvalue weighted by Crippen LogP contribution is -2.13. The van der Waals surface area contributed by atoms with Crippen molar-refractivity contribution in [2.75, 3.05) is 0 Å². The van der Waals surface area contributed by atoms with Crippen LogP contribution in [0.2, 0.25) is 0 Å². The van der Waals surface area contributed by atoms with E-state index in [1.54, 1.807) is 6.92 Å². The van der Waals surface area contributed by atoms with Crippen molar-refractivity contribution in [1.82, 2.24) is 0 Å². The largest absolute Gasteiger partial charge is 0.490 e. The van der Waals surface area contributed by atoms with Crippen molar-refractivity contribution in [3.63, 3.8) is 0 Å². The average Bonchev–Trinajstić information content (AvgIpc) is 2.26. The van der Waals surface area contributed by atoms with Gasteiger partial charge < -0.3 is 9.84 Å². The fourth-order valence-corrected chi connectivity index (χ4v) is 1.47. The summed E-state index contributed by atoms with van der Waals surface area (Å²) in [6.07, 6.45) is 1.93. The standard InChI is InChI=1S/C13H20O2/c1-4-12(5-2)15-13-8-6-11(7-9-13)10(3)14/h6-10,12,14H,4-5H2,1-3H3/t10-/m0/s1. The monoisotopic (exact) mass is 208 g/mol. The number of hydrogen-bond acceptors (Lipinski definition) is 2. The molecule has 0 unspecified atom stereocenters. The quantitative estimate of drug-likeness (QED) is 0.804. The van der Waals surface area contributed by atoms with Crippen LogP contribution in [-0.4, -0.2) is 11.2 Å². The average molecular weight is 208 g/mol. The lowest BCUT2D eigenvalue weighted by molar-refractivity contribution is 0.190. The first-order chi connectivity index (χ1) is 7.17. The summed E-state index contributed by atoms with van der Waals surface area (Å²) in [6.45, 7) is 6.01. The van der Waals surface area contributed by atoms with Gasteiger partial charge in [0.15, 0.2) is 0 Å². The second kappa shape index (κ2) is 5.76. The third-order valence-electron chi connectivity index (χ3n) is 2.58. The third-order valence-corrected chi connectivity index (χ3v) is 2.58. The van der Waals surface area contributed by atoms with Crippen molar-refractivity contribution in [2.45, 2.75) is 45.8 Å². The zero-order chi connectivity index (χ0) is 11.3. The maximum absolute atomic E-state index is 9.35. The van der Waals surface area contributed by atoms with Gasteiger partial charge in [0, 0.05) is 0 Å². The molecule has 0 bridgehead atoms. The molecule has 1 aromatic carbocycles. The van der Waals surface area contributed by atoms with Gasteiger partial charge in [-0.15, -0.1) is 0 Å². The van der Waals surface area contributed by atoms with E-state index in [1.807, 2.05) is 24.3 Å². The Balaban J connectivity index is 2.63. The number of aliphatic hydroxyl groups is 1. The number of aliphatic hydroxyl groups excluding tert-OH is 1. The predicted molar refractivity (Wildman–Crippen MR) is 62.1 cm³/mol. The van der Waals surface area contributed by atoms with Crippen molar-refractivity contribution in [3.05, 3.63) is 29.8 Å². The molecule has 0 saturated heterocycles. The van der Waals surface area contributed by atoms with E-state index in [2.05, 4.69) is 13.8 Å². The zero-order valence-electron chi connectivity index (χ0n) is 9.73. The van der Waals surface area contributed by atoms with Gasteiger partial charge >= 0.3 is 0 Å². The molecule has 0 heterocycles. The lowest BCUT2D eigenvalue weighted by atomic mass is 10.1. The fraction of sp³-hybridized carbons (Fsp3) is 0.538. The van der Waals surface area contributed by atoms with E-state index < -0.39 is 6.10 Å². The Morgan fingerprint density at radius 2 is 1.67 bits per heavy atom. The molecule has 0 radical (unpaired) electrons. The second-order valence-electron chi connectivity index (χ2n) is 3.80. The van der Waals surface area contributed by atoms with Gasteiger partial charge in [0.2, 0.25) is 0 Å². The Bertz CT molecular complexity index is 273. The number of benzene rings is 1. The first-order valence-electron chi connectivity index (χ1n) is 5.62. The number of hydrogen-bond donors (Lipinski definition) is 1. The maximum Gasteiger partial charge on any atom is 0.119 e. The molecule has 84 valence electrons. The molecule has 1 rings (SSSR count). The van der Waals surface area contributed by atoms with Crippen LogP contribution in [0.15, 0.2) is 24.3 Å². The lowest BCUT2D eigenvalue weighted by Gasteiger charge is -2.16. The molecule has 0 aromatic heterocycles. The minimum Gasteiger partial charge on any atom is -0.490 e. The molecule has 1 atom stereocenters. The van der Waals surface area contributed by atoms with Gasteiger partial charge in [-0.05, 0) is 37.5 Å². The van der Waals surface area contributed by atoms with E-state index in [0.717, 1.165) is 24.2 Å². The predicted octanol–water partition coefficient (Wildman–Crippen LogP) is 3.31. The highest BCUT2D eigenvalue weighted by Crippen LogP contribution is 2.19. The summed E-state index contributed by atoms with van der Waals surface area (Å²) in [6, 6.07) is 7.64. The first-order valence-corrected chi connectivity index (χ1v) is 5.62. The van der Waals surface area contributed by atoms with E-state index in [1.165, 1.54) is 0 Å². The maximum atomic E-state index is 9.35. The minimum atomic E-state index is -0.410. The van der Waals surface area contributed by atoms with Gasteiger partial charge in [-0.25, -0.2) is 0 Å². The minimum absolute atomic E-state index is 0.294.